The van der Waals surface area contributed by atoms with Crippen molar-refractivity contribution in [3.63, 3.8) is 0 Å². The summed E-state index contributed by atoms with van der Waals surface area (Å²) in [5.41, 5.74) is 9.22. The molecular weight excluding hydrogens is 372 g/mol. The van der Waals surface area contributed by atoms with Crippen LogP contribution < -0.4 is 4.90 Å². The minimum Gasteiger partial charge on any atom is -0.378 e. The standard InChI is InChI=1S/C25H26N4O/c1-16-12-21(13-17(2)27-16)25-18(3)22-5-4-19(14-23(22)28-25)20-6-7-26-24(15-20)29-8-10-30-11-9-29/h4-7,12-15,28H,8-11H2,1-3H3. The molecule has 0 aliphatic carbocycles. The van der Waals surface area contributed by atoms with Crippen LogP contribution in [0.2, 0.25) is 0 Å². The van der Waals surface area contributed by atoms with Crippen LogP contribution in [0.25, 0.3) is 33.3 Å². The number of ether oxygens (including phenoxy) is 1. The first kappa shape index (κ1) is 18.8. The Labute approximate surface area is 176 Å². The Balaban J connectivity index is 1.54. The first-order chi connectivity index (χ1) is 14.6. The van der Waals surface area contributed by atoms with Crippen molar-refractivity contribution in [1.29, 1.82) is 0 Å². The summed E-state index contributed by atoms with van der Waals surface area (Å²) >= 11 is 0. The van der Waals surface area contributed by atoms with E-state index in [0.717, 1.165) is 49.0 Å². The largest absolute Gasteiger partial charge is 0.378 e. The van der Waals surface area contributed by atoms with Crippen LogP contribution in [-0.2, 0) is 4.74 Å². The normalized spacial score (nSPS) is 14.4. The van der Waals surface area contributed by atoms with Crippen LogP contribution >= 0.6 is 0 Å². The van der Waals surface area contributed by atoms with E-state index in [2.05, 4.69) is 69.2 Å². The van der Waals surface area contributed by atoms with Gasteiger partial charge in [-0.15, -0.1) is 0 Å². The minimum atomic E-state index is 0.760. The molecule has 4 heterocycles. The number of benzene rings is 1. The van der Waals surface area contributed by atoms with Gasteiger partial charge in [-0.3, -0.25) is 4.98 Å². The van der Waals surface area contributed by atoms with Crippen LogP contribution in [0.1, 0.15) is 17.0 Å². The number of H-pyrrole nitrogens is 1. The van der Waals surface area contributed by atoms with Crippen molar-refractivity contribution < 1.29 is 4.74 Å². The Kier molecular flexibility index (Phi) is 4.75. The number of rotatable bonds is 3. The molecular formula is C25H26N4O. The Morgan fingerprint density at radius 2 is 1.60 bits per heavy atom. The van der Waals surface area contributed by atoms with Crippen molar-refractivity contribution in [3.05, 3.63) is 65.6 Å². The number of aryl methyl sites for hydroxylation is 3. The molecule has 152 valence electrons. The van der Waals surface area contributed by atoms with Crippen molar-refractivity contribution in [3.8, 4) is 22.4 Å². The van der Waals surface area contributed by atoms with Gasteiger partial charge in [0.1, 0.15) is 5.82 Å². The number of anilines is 1. The van der Waals surface area contributed by atoms with E-state index in [1.54, 1.807) is 0 Å². The van der Waals surface area contributed by atoms with Crippen LogP contribution in [0.3, 0.4) is 0 Å². The zero-order valence-corrected chi connectivity index (χ0v) is 17.7. The van der Waals surface area contributed by atoms with E-state index in [-0.39, 0.29) is 0 Å². The van der Waals surface area contributed by atoms with Crippen LogP contribution in [-0.4, -0.2) is 41.3 Å². The van der Waals surface area contributed by atoms with Gasteiger partial charge in [0.15, 0.2) is 0 Å². The monoisotopic (exact) mass is 398 g/mol. The molecule has 1 aliphatic heterocycles. The fourth-order valence-electron chi connectivity index (χ4n) is 4.35. The van der Waals surface area contributed by atoms with Crippen molar-refractivity contribution >= 4 is 16.7 Å². The molecule has 0 unspecified atom stereocenters. The predicted octanol–water partition coefficient (Wildman–Crippen LogP) is 5.05. The smallest absolute Gasteiger partial charge is 0.129 e. The summed E-state index contributed by atoms with van der Waals surface area (Å²) in [5, 5.41) is 1.25. The van der Waals surface area contributed by atoms with Gasteiger partial charge in [0.2, 0.25) is 0 Å². The number of hydrogen-bond donors (Lipinski definition) is 1. The molecule has 5 heteroatoms. The number of aromatic amines is 1. The second-order valence-electron chi connectivity index (χ2n) is 8.03. The fourth-order valence-corrected chi connectivity index (χ4v) is 4.35. The van der Waals surface area contributed by atoms with Crippen molar-refractivity contribution in [2.24, 2.45) is 0 Å². The molecule has 30 heavy (non-hydrogen) atoms. The third kappa shape index (κ3) is 3.46. The lowest BCUT2D eigenvalue weighted by molar-refractivity contribution is 0.122. The van der Waals surface area contributed by atoms with Crippen molar-refractivity contribution in [2.75, 3.05) is 31.2 Å². The number of nitrogens with zero attached hydrogens (tertiary/aromatic N) is 3. The molecule has 1 aromatic carbocycles. The zero-order chi connectivity index (χ0) is 20.7. The third-order valence-corrected chi connectivity index (χ3v) is 5.84. The van der Waals surface area contributed by atoms with E-state index in [9.17, 15) is 0 Å². The minimum absolute atomic E-state index is 0.760. The number of morpholine rings is 1. The molecule has 0 radical (unpaired) electrons. The van der Waals surface area contributed by atoms with Gasteiger partial charge in [-0.1, -0.05) is 12.1 Å². The maximum absolute atomic E-state index is 5.47. The highest BCUT2D eigenvalue weighted by molar-refractivity contribution is 5.93. The number of fused-ring (bicyclic) bond motifs is 1. The molecule has 0 amide bonds. The molecule has 1 N–H and O–H groups in total. The van der Waals surface area contributed by atoms with E-state index >= 15 is 0 Å². The molecule has 4 aromatic rings. The van der Waals surface area contributed by atoms with Gasteiger partial charge in [-0.2, -0.15) is 0 Å². The van der Waals surface area contributed by atoms with Gasteiger partial charge < -0.3 is 14.6 Å². The van der Waals surface area contributed by atoms with Crippen LogP contribution in [0.5, 0.6) is 0 Å². The van der Waals surface area contributed by atoms with Gasteiger partial charge in [0, 0.05) is 52.8 Å². The van der Waals surface area contributed by atoms with Gasteiger partial charge in [-0.05, 0) is 67.8 Å². The Hall–Kier alpha value is -3.18. The molecule has 0 saturated carbocycles. The SMILES string of the molecule is Cc1cc(-c2[nH]c3cc(-c4ccnc(N5CCOCC5)c4)ccc3c2C)cc(C)n1. The third-order valence-electron chi connectivity index (χ3n) is 5.84. The summed E-state index contributed by atoms with van der Waals surface area (Å²) < 4.78 is 5.47. The summed E-state index contributed by atoms with van der Waals surface area (Å²) in [6, 6.07) is 15.2. The molecule has 0 atom stereocenters. The maximum Gasteiger partial charge on any atom is 0.129 e. The summed E-state index contributed by atoms with van der Waals surface area (Å²) in [4.78, 5) is 15.0. The second-order valence-corrected chi connectivity index (χ2v) is 8.03. The summed E-state index contributed by atoms with van der Waals surface area (Å²) in [7, 11) is 0. The summed E-state index contributed by atoms with van der Waals surface area (Å²) in [5.74, 6) is 1.02. The summed E-state index contributed by atoms with van der Waals surface area (Å²) in [6.45, 7) is 9.57. The van der Waals surface area contributed by atoms with E-state index in [4.69, 9.17) is 4.74 Å². The van der Waals surface area contributed by atoms with E-state index in [1.165, 1.54) is 33.3 Å². The molecule has 5 nitrogen and oxygen atoms in total. The zero-order valence-electron chi connectivity index (χ0n) is 17.7. The van der Waals surface area contributed by atoms with Gasteiger partial charge in [0.25, 0.3) is 0 Å². The molecule has 1 saturated heterocycles. The lowest BCUT2D eigenvalue weighted by Crippen LogP contribution is -2.36. The molecule has 5 rings (SSSR count). The average Bonchev–Trinajstić information content (AvgIpc) is 3.10. The first-order valence-corrected chi connectivity index (χ1v) is 10.5. The van der Waals surface area contributed by atoms with Crippen molar-refractivity contribution in [1.82, 2.24) is 15.0 Å². The van der Waals surface area contributed by atoms with Gasteiger partial charge in [-0.25, -0.2) is 4.98 Å². The number of aromatic nitrogens is 3. The predicted molar refractivity (Wildman–Crippen MR) is 122 cm³/mol. The molecule has 3 aromatic heterocycles. The van der Waals surface area contributed by atoms with E-state index < -0.39 is 0 Å². The van der Waals surface area contributed by atoms with Gasteiger partial charge in [0.05, 0.1) is 13.2 Å². The number of hydrogen-bond acceptors (Lipinski definition) is 4. The van der Waals surface area contributed by atoms with Crippen LogP contribution in [0.15, 0.2) is 48.7 Å². The Bertz CT molecular complexity index is 1200. The van der Waals surface area contributed by atoms with E-state index in [0.29, 0.717) is 0 Å². The van der Waals surface area contributed by atoms with Crippen LogP contribution in [0, 0.1) is 20.8 Å². The number of pyridine rings is 2. The van der Waals surface area contributed by atoms with Crippen LogP contribution in [0.4, 0.5) is 5.82 Å². The highest BCUT2D eigenvalue weighted by atomic mass is 16.5. The highest BCUT2D eigenvalue weighted by Crippen LogP contribution is 2.33. The maximum atomic E-state index is 5.47. The molecule has 1 aliphatic rings. The summed E-state index contributed by atoms with van der Waals surface area (Å²) in [6.07, 6.45) is 1.90. The van der Waals surface area contributed by atoms with Gasteiger partial charge >= 0.3 is 0 Å². The Morgan fingerprint density at radius 1 is 0.867 bits per heavy atom. The molecule has 0 bridgehead atoms. The molecule has 0 spiro atoms. The van der Waals surface area contributed by atoms with Crippen molar-refractivity contribution in [2.45, 2.75) is 20.8 Å². The lowest BCUT2D eigenvalue weighted by Gasteiger charge is -2.28. The lowest BCUT2D eigenvalue weighted by atomic mass is 10.0. The number of nitrogens with one attached hydrogen (secondary N) is 1. The fraction of sp³-hybridized carbons (Fsp3) is 0.280. The Morgan fingerprint density at radius 3 is 2.37 bits per heavy atom. The quantitative estimate of drug-likeness (QED) is 0.524. The topological polar surface area (TPSA) is 54.0 Å². The second kappa shape index (κ2) is 7.58. The van der Waals surface area contributed by atoms with E-state index in [1.807, 2.05) is 20.0 Å². The molecule has 1 fully saturated rings. The highest BCUT2D eigenvalue weighted by Gasteiger charge is 2.14. The first-order valence-electron chi connectivity index (χ1n) is 10.5. The average molecular weight is 399 g/mol.